The molecule has 0 unspecified atom stereocenters. The molecule has 1 aromatic heterocycles. The zero-order valence-corrected chi connectivity index (χ0v) is 18.0. The Balaban J connectivity index is 2.14. The van der Waals surface area contributed by atoms with Crippen molar-refractivity contribution in [1.29, 1.82) is 0 Å². The lowest BCUT2D eigenvalue weighted by molar-refractivity contribution is -0.119. The molecule has 0 saturated carbocycles. The van der Waals surface area contributed by atoms with Gasteiger partial charge in [0.1, 0.15) is 0 Å². The molecule has 0 radical (unpaired) electrons. The fourth-order valence-electron chi connectivity index (χ4n) is 2.93. The average molecular weight is 410 g/mol. The van der Waals surface area contributed by atoms with Crippen LogP contribution in [0.25, 0.3) is 10.9 Å². The zero-order valence-electron chi connectivity index (χ0n) is 16.4. The summed E-state index contributed by atoms with van der Waals surface area (Å²) in [4.78, 5) is 29.7. The molecule has 0 saturated heterocycles. The average Bonchev–Trinajstić information content (AvgIpc) is 2.59. The summed E-state index contributed by atoms with van der Waals surface area (Å²) < 4.78 is 1.64. The van der Waals surface area contributed by atoms with Crippen molar-refractivity contribution in [2.24, 2.45) is 0 Å². The Morgan fingerprint density at radius 2 is 2.04 bits per heavy atom. The molecule has 1 amide bonds. The van der Waals surface area contributed by atoms with Crippen molar-refractivity contribution in [2.75, 3.05) is 5.75 Å². The summed E-state index contributed by atoms with van der Waals surface area (Å²) in [6, 6.07) is 5.18. The standard InChI is InChI=1S/C20H28ClN3O2S/c1-5-6-7-8-14(4)22-18(25)12-27-20-23-17-11-15(21)9-10-16(17)19(26)24(20)13(2)3/h9-11,13-14H,5-8,12H2,1-4H3,(H,22,25)/t14-/m0/s1. The lowest BCUT2D eigenvalue weighted by Gasteiger charge is -2.17. The summed E-state index contributed by atoms with van der Waals surface area (Å²) in [5, 5.41) is 4.63. The van der Waals surface area contributed by atoms with Crippen LogP contribution in [-0.2, 0) is 4.79 Å². The van der Waals surface area contributed by atoms with Gasteiger partial charge in [0.05, 0.1) is 16.7 Å². The predicted molar refractivity (Wildman–Crippen MR) is 114 cm³/mol. The van der Waals surface area contributed by atoms with Gasteiger partial charge < -0.3 is 5.32 Å². The van der Waals surface area contributed by atoms with E-state index in [1.807, 2.05) is 20.8 Å². The molecule has 7 heteroatoms. The van der Waals surface area contributed by atoms with Crippen LogP contribution in [0, 0.1) is 0 Å². The molecule has 0 aliphatic rings. The summed E-state index contributed by atoms with van der Waals surface area (Å²) >= 11 is 7.33. The van der Waals surface area contributed by atoms with Crippen molar-refractivity contribution < 1.29 is 4.79 Å². The highest BCUT2D eigenvalue weighted by Crippen LogP contribution is 2.22. The number of unbranched alkanes of at least 4 members (excludes halogenated alkanes) is 2. The van der Waals surface area contributed by atoms with E-state index in [1.165, 1.54) is 24.6 Å². The number of hydrogen-bond acceptors (Lipinski definition) is 4. The van der Waals surface area contributed by atoms with Gasteiger partial charge in [0.25, 0.3) is 5.56 Å². The van der Waals surface area contributed by atoms with Crippen LogP contribution in [-0.4, -0.2) is 27.3 Å². The monoisotopic (exact) mass is 409 g/mol. The number of carbonyl (C=O) groups is 1. The van der Waals surface area contributed by atoms with E-state index >= 15 is 0 Å². The molecule has 0 spiro atoms. The van der Waals surface area contributed by atoms with Crippen molar-refractivity contribution >= 4 is 40.2 Å². The van der Waals surface area contributed by atoms with Gasteiger partial charge in [0.2, 0.25) is 5.91 Å². The molecule has 1 N–H and O–H groups in total. The lowest BCUT2D eigenvalue weighted by atomic mass is 10.1. The third kappa shape index (κ3) is 5.98. The van der Waals surface area contributed by atoms with E-state index in [9.17, 15) is 9.59 Å². The number of thioether (sulfide) groups is 1. The summed E-state index contributed by atoms with van der Waals surface area (Å²) in [6.07, 6.45) is 4.44. The maximum atomic E-state index is 12.8. The first-order valence-corrected chi connectivity index (χ1v) is 10.8. The Morgan fingerprint density at radius 3 is 2.70 bits per heavy atom. The molecule has 27 heavy (non-hydrogen) atoms. The van der Waals surface area contributed by atoms with E-state index in [0.717, 1.165) is 12.8 Å². The van der Waals surface area contributed by atoms with E-state index < -0.39 is 0 Å². The first kappa shape index (κ1) is 21.8. The second-order valence-corrected chi connectivity index (χ2v) is 8.46. The number of halogens is 1. The fourth-order valence-corrected chi connectivity index (χ4v) is 4.03. The number of hydrogen-bond donors (Lipinski definition) is 1. The third-order valence-corrected chi connectivity index (χ3v) is 5.52. The van der Waals surface area contributed by atoms with Gasteiger partial charge in [-0.3, -0.25) is 14.2 Å². The number of nitrogens with one attached hydrogen (secondary N) is 1. The van der Waals surface area contributed by atoms with E-state index in [0.29, 0.717) is 21.1 Å². The van der Waals surface area contributed by atoms with Crippen LogP contribution < -0.4 is 10.9 Å². The third-order valence-electron chi connectivity index (χ3n) is 4.33. The highest BCUT2D eigenvalue weighted by Gasteiger charge is 2.16. The Hall–Kier alpha value is -1.53. The van der Waals surface area contributed by atoms with Gasteiger partial charge in [-0.25, -0.2) is 4.98 Å². The molecular weight excluding hydrogens is 382 g/mol. The van der Waals surface area contributed by atoms with Crippen LogP contribution in [0.2, 0.25) is 5.02 Å². The van der Waals surface area contributed by atoms with Crippen LogP contribution in [0.5, 0.6) is 0 Å². The maximum Gasteiger partial charge on any atom is 0.262 e. The number of rotatable bonds is 9. The normalized spacial score (nSPS) is 12.5. The van der Waals surface area contributed by atoms with E-state index in [4.69, 9.17) is 11.6 Å². The first-order chi connectivity index (χ1) is 12.8. The number of fused-ring (bicyclic) bond motifs is 1. The molecular formula is C20H28ClN3O2S. The minimum atomic E-state index is -0.109. The molecule has 1 aromatic carbocycles. The summed E-state index contributed by atoms with van der Waals surface area (Å²) in [5.41, 5.74) is 0.447. The summed E-state index contributed by atoms with van der Waals surface area (Å²) in [7, 11) is 0. The summed E-state index contributed by atoms with van der Waals surface area (Å²) in [6.45, 7) is 8.06. The first-order valence-electron chi connectivity index (χ1n) is 9.47. The van der Waals surface area contributed by atoms with Gasteiger partial charge in [-0.2, -0.15) is 0 Å². The Bertz CT molecular complexity index is 851. The topological polar surface area (TPSA) is 64.0 Å². The van der Waals surface area contributed by atoms with E-state index in [2.05, 4.69) is 17.2 Å². The Morgan fingerprint density at radius 1 is 1.30 bits per heavy atom. The van der Waals surface area contributed by atoms with Gasteiger partial charge in [0.15, 0.2) is 5.16 Å². The van der Waals surface area contributed by atoms with Crippen molar-refractivity contribution in [2.45, 2.75) is 70.6 Å². The lowest BCUT2D eigenvalue weighted by Crippen LogP contribution is -2.34. The second kappa shape index (κ2) is 10.1. The second-order valence-electron chi connectivity index (χ2n) is 7.08. The quantitative estimate of drug-likeness (QED) is 0.366. The van der Waals surface area contributed by atoms with Crippen LogP contribution in [0.1, 0.15) is 59.4 Å². The zero-order chi connectivity index (χ0) is 20.0. The molecule has 1 heterocycles. The molecule has 2 aromatic rings. The Kier molecular flexibility index (Phi) is 8.17. The van der Waals surface area contributed by atoms with Gasteiger partial charge >= 0.3 is 0 Å². The minimum absolute atomic E-state index is 0.0419. The van der Waals surface area contributed by atoms with Crippen LogP contribution in [0.3, 0.4) is 0 Å². The predicted octanol–water partition coefficient (Wildman–Crippen LogP) is 4.81. The molecule has 1 atom stereocenters. The molecule has 0 bridgehead atoms. The van der Waals surface area contributed by atoms with Crippen molar-refractivity contribution in [3.8, 4) is 0 Å². The number of aromatic nitrogens is 2. The fraction of sp³-hybridized carbons (Fsp3) is 0.550. The van der Waals surface area contributed by atoms with Crippen molar-refractivity contribution in [3.05, 3.63) is 33.6 Å². The smallest absolute Gasteiger partial charge is 0.262 e. The highest BCUT2D eigenvalue weighted by molar-refractivity contribution is 7.99. The van der Waals surface area contributed by atoms with Gasteiger partial charge in [-0.1, -0.05) is 49.5 Å². The van der Waals surface area contributed by atoms with E-state index in [-0.39, 0.29) is 29.3 Å². The minimum Gasteiger partial charge on any atom is -0.353 e. The Labute approximate surface area is 169 Å². The van der Waals surface area contributed by atoms with Gasteiger partial charge in [-0.05, 0) is 45.4 Å². The number of amides is 1. The van der Waals surface area contributed by atoms with Crippen LogP contribution >= 0.6 is 23.4 Å². The molecule has 5 nitrogen and oxygen atoms in total. The number of nitrogens with zero attached hydrogens (tertiary/aromatic N) is 2. The molecule has 0 fully saturated rings. The molecule has 0 aliphatic heterocycles. The van der Waals surface area contributed by atoms with Gasteiger partial charge in [0, 0.05) is 17.1 Å². The van der Waals surface area contributed by atoms with Crippen molar-refractivity contribution in [3.63, 3.8) is 0 Å². The molecule has 148 valence electrons. The van der Waals surface area contributed by atoms with Crippen LogP contribution in [0.4, 0.5) is 0 Å². The van der Waals surface area contributed by atoms with E-state index in [1.54, 1.807) is 22.8 Å². The molecule has 2 rings (SSSR count). The maximum absolute atomic E-state index is 12.8. The van der Waals surface area contributed by atoms with Crippen LogP contribution in [0.15, 0.2) is 28.2 Å². The van der Waals surface area contributed by atoms with Gasteiger partial charge in [-0.15, -0.1) is 0 Å². The largest absolute Gasteiger partial charge is 0.353 e. The number of benzene rings is 1. The molecule has 0 aliphatic carbocycles. The highest BCUT2D eigenvalue weighted by atomic mass is 35.5. The number of carbonyl (C=O) groups excluding carboxylic acids is 1. The SMILES string of the molecule is CCCCC[C@H](C)NC(=O)CSc1nc2cc(Cl)ccc2c(=O)n1C(C)C. The van der Waals surface area contributed by atoms with Crippen molar-refractivity contribution in [1.82, 2.24) is 14.9 Å². The summed E-state index contributed by atoms with van der Waals surface area (Å²) in [5.74, 6) is 0.184.